The van der Waals surface area contributed by atoms with Gasteiger partial charge in [-0.3, -0.25) is 4.79 Å². The molecule has 1 aliphatic heterocycles. The molecule has 0 bridgehead atoms. The first-order valence-corrected chi connectivity index (χ1v) is 6.26. The molecule has 0 aromatic rings. The highest BCUT2D eigenvalue weighted by molar-refractivity contribution is 5.74. The van der Waals surface area contributed by atoms with Crippen molar-refractivity contribution in [1.82, 2.24) is 10.2 Å². The highest BCUT2D eigenvalue weighted by Crippen LogP contribution is 2.16. The quantitative estimate of drug-likeness (QED) is 0.737. The second-order valence-corrected chi connectivity index (χ2v) is 4.95. The maximum Gasteiger partial charge on any atom is 0.317 e. The number of ether oxygens (including phenoxy) is 1. The average Bonchev–Trinajstić information content (AvgIpc) is 2.74. The molecule has 0 aromatic carbocycles. The fourth-order valence-corrected chi connectivity index (χ4v) is 2.13. The first kappa shape index (κ1) is 14.8. The van der Waals surface area contributed by atoms with E-state index in [1.54, 1.807) is 12.0 Å². The number of methoxy groups -OCH3 is 1. The normalized spacial score (nSPS) is 20.8. The first-order valence-electron chi connectivity index (χ1n) is 6.26. The molecule has 104 valence electrons. The van der Waals surface area contributed by atoms with Crippen LogP contribution in [0.1, 0.15) is 19.8 Å². The third-order valence-electron chi connectivity index (χ3n) is 3.10. The van der Waals surface area contributed by atoms with Crippen molar-refractivity contribution in [2.45, 2.75) is 19.8 Å². The van der Waals surface area contributed by atoms with Gasteiger partial charge in [0.05, 0.1) is 6.61 Å². The van der Waals surface area contributed by atoms with Crippen molar-refractivity contribution in [1.29, 1.82) is 0 Å². The summed E-state index contributed by atoms with van der Waals surface area (Å²) in [6, 6.07) is -0.106. The van der Waals surface area contributed by atoms with Gasteiger partial charge in [0, 0.05) is 39.1 Å². The maximum absolute atomic E-state index is 11.8. The minimum Gasteiger partial charge on any atom is -0.481 e. The summed E-state index contributed by atoms with van der Waals surface area (Å²) in [5, 5.41) is 11.4. The van der Waals surface area contributed by atoms with E-state index >= 15 is 0 Å². The SMILES string of the molecule is COCC1CCN(C(=O)NCC(C)CC(=O)O)C1. The molecule has 1 aliphatic rings. The smallest absolute Gasteiger partial charge is 0.317 e. The Labute approximate surface area is 107 Å². The lowest BCUT2D eigenvalue weighted by Gasteiger charge is -2.18. The molecule has 2 atom stereocenters. The lowest BCUT2D eigenvalue weighted by atomic mass is 10.1. The fourth-order valence-electron chi connectivity index (χ4n) is 2.13. The molecule has 1 heterocycles. The minimum atomic E-state index is -0.835. The summed E-state index contributed by atoms with van der Waals surface area (Å²) < 4.78 is 5.07. The molecule has 6 nitrogen and oxygen atoms in total. The highest BCUT2D eigenvalue weighted by atomic mass is 16.5. The Morgan fingerprint density at radius 3 is 2.89 bits per heavy atom. The standard InChI is InChI=1S/C12H22N2O4/c1-9(5-11(15)16)6-13-12(17)14-4-3-10(7-14)8-18-2/h9-10H,3-8H2,1-2H3,(H,13,17)(H,15,16). The summed E-state index contributed by atoms with van der Waals surface area (Å²) in [4.78, 5) is 24.1. The van der Waals surface area contributed by atoms with Crippen molar-refractivity contribution in [3.8, 4) is 0 Å². The van der Waals surface area contributed by atoms with Gasteiger partial charge in [-0.25, -0.2) is 4.79 Å². The van der Waals surface area contributed by atoms with Gasteiger partial charge in [0.1, 0.15) is 0 Å². The number of hydrogen-bond acceptors (Lipinski definition) is 3. The van der Waals surface area contributed by atoms with Crippen LogP contribution in [0.15, 0.2) is 0 Å². The van der Waals surface area contributed by atoms with E-state index in [-0.39, 0.29) is 18.4 Å². The van der Waals surface area contributed by atoms with Crippen molar-refractivity contribution in [3.63, 3.8) is 0 Å². The Morgan fingerprint density at radius 2 is 2.28 bits per heavy atom. The van der Waals surface area contributed by atoms with Crippen molar-refractivity contribution >= 4 is 12.0 Å². The molecule has 1 fully saturated rings. The van der Waals surface area contributed by atoms with E-state index in [0.717, 1.165) is 13.0 Å². The van der Waals surface area contributed by atoms with Crippen LogP contribution in [0.4, 0.5) is 4.79 Å². The van der Waals surface area contributed by atoms with E-state index in [4.69, 9.17) is 9.84 Å². The Kier molecular flexibility index (Phi) is 5.91. The van der Waals surface area contributed by atoms with E-state index in [2.05, 4.69) is 5.32 Å². The number of nitrogens with one attached hydrogen (secondary N) is 1. The van der Waals surface area contributed by atoms with Gasteiger partial charge in [0.15, 0.2) is 0 Å². The topological polar surface area (TPSA) is 78.9 Å². The van der Waals surface area contributed by atoms with Gasteiger partial charge in [-0.15, -0.1) is 0 Å². The van der Waals surface area contributed by atoms with Crippen LogP contribution in [-0.2, 0) is 9.53 Å². The number of rotatable bonds is 6. The molecule has 0 radical (unpaired) electrons. The van der Waals surface area contributed by atoms with Crippen LogP contribution < -0.4 is 5.32 Å². The molecular formula is C12H22N2O4. The summed E-state index contributed by atoms with van der Waals surface area (Å²) in [6.07, 6.45) is 1.04. The zero-order valence-electron chi connectivity index (χ0n) is 11.0. The second-order valence-electron chi connectivity index (χ2n) is 4.95. The number of hydrogen-bond donors (Lipinski definition) is 2. The molecule has 6 heteroatoms. The van der Waals surface area contributed by atoms with Gasteiger partial charge < -0.3 is 20.1 Å². The van der Waals surface area contributed by atoms with Gasteiger partial charge in [0.2, 0.25) is 0 Å². The predicted octanol–water partition coefficient (Wildman–Crippen LogP) is 0.775. The number of carbonyl (C=O) groups is 2. The summed E-state index contributed by atoms with van der Waals surface area (Å²) in [6.45, 7) is 4.35. The van der Waals surface area contributed by atoms with E-state index in [1.165, 1.54) is 0 Å². The van der Waals surface area contributed by atoms with Crippen LogP contribution in [0.5, 0.6) is 0 Å². The lowest BCUT2D eigenvalue weighted by molar-refractivity contribution is -0.137. The number of likely N-dealkylation sites (tertiary alicyclic amines) is 1. The van der Waals surface area contributed by atoms with Crippen molar-refractivity contribution in [3.05, 3.63) is 0 Å². The van der Waals surface area contributed by atoms with Crippen molar-refractivity contribution in [2.75, 3.05) is 33.4 Å². The molecule has 0 aromatic heterocycles. The van der Waals surface area contributed by atoms with E-state index < -0.39 is 5.97 Å². The second kappa shape index (κ2) is 7.20. The van der Waals surface area contributed by atoms with Crippen LogP contribution in [0, 0.1) is 11.8 Å². The van der Waals surface area contributed by atoms with Crippen LogP contribution in [-0.4, -0.2) is 55.4 Å². The molecule has 2 unspecified atom stereocenters. The predicted molar refractivity (Wildman–Crippen MR) is 66.4 cm³/mol. The van der Waals surface area contributed by atoms with E-state index in [9.17, 15) is 9.59 Å². The number of amides is 2. The summed E-state index contributed by atoms with van der Waals surface area (Å²) in [5.41, 5.74) is 0. The van der Waals surface area contributed by atoms with Crippen LogP contribution in [0.25, 0.3) is 0 Å². The van der Waals surface area contributed by atoms with Crippen LogP contribution in [0.3, 0.4) is 0 Å². The Hall–Kier alpha value is -1.30. The molecule has 0 spiro atoms. The first-order chi connectivity index (χ1) is 8.52. The largest absolute Gasteiger partial charge is 0.481 e. The number of carbonyl (C=O) groups excluding carboxylic acids is 1. The molecular weight excluding hydrogens is 236 g/mol. The van der Waals surface area contributed by atoms with Crippen LogP contribution in [0.2, 0.25) is 0 Å². The molecule has 0 aliphatic carbocycles. The number of nitrogens with zero attached hydrogens (tertiary/aromatic N) is 1. The van der Waals surface area contributed by atoms with Gasteiger partial charge in [0.25, 0.3) is 0 Å². The van der Waals surface area contributed by atoms with Crippen molar-refractivity contribution in [2.24, 2.45) is 11.8 Å². The van der Waals surface area contributed by atoms with Crippen LogP contribution >= 0.6 is 0 Å². The van der Waals surface area contributed by atoms with Crippen molar-refractivity contribution < 1.29 is 19.4 Å². The zero-order valence-corrected chi connectivity index (χ0v) is 11.0. The third-order valence-corrected chi connectivity index (χ3v) is 3.10. The monoisotopic (exact) mass is 258 g/mol. The number of urea groups is 1. The summed E-state index contributed by atoms with van der Waals surface area (Å²) in [5.74, 6) is -0.473. The Bertz CT molecular complexity index is 296. The number of aliphatic carboxylic acids is 1. The molecule has 18 heavy (non-hydrogen) atoms. The summed E-state index contributed by atoms with van der Waals surface area (Å²) >= 11 is 0. The molecule has 0 saturated carbocycles. The zero-order chi connectivity index (χ0) is 13.5. The molecule has 2 amide bonds. The third kappa shape index (κ3) is 4.91. The number of carboxylic acids is 1. The Balaban J connectivity index is 2.23. The van der Waals surface area contributed by atoms with Gasteiger partial charge >= 0.3 is 12.0 Å². The summed E-state index contributed by atoms with van der Waals surface area (Å²) in [7, 11) is 1.66. The van der Waals surface area contributed by atoms with Gasteiger partial charge in [-0.2, -0.15) is 0 Å². The molecule has 1 rings (SSSR count). The lowest BCUT2D eigenvalue weighted by Crippen LogP contribution is -2.40. The molecule has 2 N–H and O–H groups in total. The van der Waals surface area contributed by atoms with Gasteiger partial charge in [-0.05, 0) is 12.3 Å². The average molecular weight is 258 g/mol. The Morgan fingerprint density at radius 1 is 1.56 bits per heavy atom. The van der Waals surface area contributed by atoms with Gasteiger partial charge in [-0.1, -0.05) is 6.92 Å². The highest BCUT2D eigenvalue weighted by Gasteiger charge is 2.26. The fraction of sp³-hybridized carbons (Fsp3) is 0.833. The minimum absolute atomic E-state index is 0.0520. The van der Waals surface area contributed by atoms with E-state index in [0.29, 0.717) is 25.6 Å². The molecule has 1 saturated heterocycles. The maximum atomic E-state index is 11.8. The van der Waals surface area contributed by atoms with E-state index in [1.807, 2.05) is 6.92 Å². The number of carboxylic acid groups (broad SMARTS) is 1.